The number of rotatable bonds is 3. The van der Waals surface area contributed by atoms with Crippen LogP contribution in [0.4, 0.5) is 0 Å². The molecule has 2 unspecified atom stereocenters. The van der Waals surface area contributed by atoms with E-state index >= 15 is 0 Å². The molecule has 0 bridgehead atoms. The molecule has 2 atom stereocenters. The lowest BCUT2D eigenvalue weighted by Gasteiger charge is -2.41. The third kappa shape index (κ3) is 2.01. The monoisotopic (exact) mass is 169 g/mol. The highest BCUT2D eigenvalue weighted by Crippen LogP contribution is 2.38. The smallest absolute Gasteiger partial charge is 0.000782 e. The lowest BCUT2D eigenvalue weighted by Crippen LogP contribution is -2.44. The molecule has 1 rings (SSSR count). The predicted octanol–water partition coefficient (Wildman–Crippen LogP) is 2.81. The molecular weight excluding hydrogens is 146 g/mol. The topological polar surface area (TPSA) is 12.0 Å². The van der Waals surface area contributed by atoms with Crippen molar-refractivity contribution in [3.63, 3.8) is 0 Å². The van der Waals surface area contributed by atoms with Crippen molar-refractivity contribution in [2.75, 3.05) is 13.1 Å². The van der Waals surface area contributed by atoms with Gasteiger partial charge in [0.15, 0.2) is 0 Å². The van der Waals surface area contributed by atoms with Gasteiger partial charge >= 0.3 is 0 Å². The molecule has 1 fully saturated rings. The average molecular weight is 169 g/mol. The summed E-state index contributed by atoms with van der Waals surface area (Å²) < 4.78 is 0. The first-order chi connectivity index (χ1) is 5.73. The van der Waals surface area contributed by atoms with E-state index in [1.807, 2.05) is 0 Å². The number of hydrogen-bond acceptors (Lipinski definition) is 1. The van der Waals surface area contributed by atoms with Gasteiger partial charge in [0.2, 0.25) is 0 Å². The zero-order valence-corrected chi connectivity index (χ0v) is 8.82. The molecule has 0 spiro atoms. The van der Waals surface area contributed by atoms with Gasteiger partial charge < -0.3 is 5.32 Å². The second-order valence-corrected chi connectivity index (χ2v) is 4.47. The van der Waals surface area contributed by atoms with Crippen molar-refractivity contribution in [3.05, 3.63) is 0 Å². The van der Waals surface area contributed by atoms with E-state index in [1.165, 1.54) is 38.8 Å². The molecule has 1 nitrogen and oxygen atoms in total. The van der Waals surface area contributed by atoms with E-state index in [9.17, 15) is 0 Å². The molecule has 72 valence electrons. The highest BCUT2D eigenvalue weighted by Gasteiger charge is 2.33. The Morgan fingerprint density at radius 2 is 2.17 bits per heavy atom. The Morgan fingerprint density at radius 1 is 1.42 bits per heavy atom. The molecular formula is C11H23N. The Morgan fingerprint density at radius 3 is 2.75 bits per heavy atom. The summed E-state index contributed by atoms with van der Waals surface area (Å²) in [6, 6.07) is 0. The number of hydrogen-bond donors (Lipinski definition) is 1. The fourth-order valence-electron chi connectivity index (χ4n) is 2.70. The Hall–Kier alpha value is -0.0400. The zero-order chi connectivity index (χ0) is 9.03. The summed E-state index contributed by atoms with van der Waals surface area (Å²) in [6.45, 7) is 9.56. The number of nitrogens with one attached hydrogen (secondary N) is 1. The van der Waals surface area contributed by atoms with Crippen LogP contribution in [-0.4, -0.2) is 13.1 Å². The predicted molar refractivity (Wildman–Crippen MR) is 54.3 cm³/mol. The van der Waals surface area contributed by atoms with Crippen LogP contribution in [-0.2, 0) is 0 Å². The van der Waals surface area contributed by atoms with Gasteiger partial charge in [-0.05, 0) is 30.7 Å². The third-order valence-corrected chi connectivity index (χ3v) is 3.50. The van der Waals surface area contributed by atoms with Gasteiger partial charge in [0, 0.05) is 6.54 Å². The van der Waals surface area contributed by atoms with Crippen molar-refractivity contribution in [1.82, 2.24) is 5.32 Å². The molecule has 1 heteroatoms. The standard InChI is InChI=1S/C11H23N/c1-4-7-11(3)9-12-8-6-10(11)5-2/h10,12H,4-9H2,1-3H3. The van der Waals surface area contributed by atoms with Crippen molar-refractivity contribution in [3.8, 4) is 0 Å². The van der Waals surface area contributed by atoms with Crippen LogP contribution in [0.15, 0.2) is 0 Å². The first-order valence-corrected chi connectivity index (χ1v) is 5.43. The van der Waals surface area contributed by atoms with Crippen LogP contribution in [0.25, 0.3) is 0 Å². The van der Waals surface area contributed by atoms with Gasteiger partial charge in [0.25, 0.3) is 0 Å². The maximum Gasteiger partial charge on any atom is 0.000782 e. The molecule has 1 aliphatic rings. The van der Waals surface area contributed by atoms with E-state index < -0.39 is 0 Å². The minimum atomic E-state index is 0.585. The minimum Gasteiger partial charge on any atom is -0.316 e. The fraction of sp³-hybridized carbons (Fsp3) is 1.00. The van der Waals surface area contributed by atoms with Crippen LogP contribution >= 0.6 is 0 Å². The average Bonchev–Trinajstić information content (AvgIpc) is 2.05. The molecule has 0 saturated carbocycles. The zero-order valence-electron chi connectivity index (χ0n) is 8.82. The first-order valence-electron chi connectivity index (χ1n) is 5.43. The normalized spacial score (nSPS) is 36.8. The second-order valence-electron chi connectivity index (χ2n) is 4.47. The van der Waals surface area contributed by atoms with Crippen molar-refractivity contribution < 1.29 is 0 Å². The Balaban J connectivity index is 2.55. The van der Waals surface area contributed by atoms with Gasteiger partial charge in [-0.1, -0.05) is 33.6 Å². The molecule has 0 aromatic heterocycles. The van der Waals surface area contributed by atoms with Crippen LogP contribution < -0.4 is 5.32 Å². The third-order valence-electron chi connectivity index (χ3n) is 3.50. The van der Waals surface area contributed by atoms with Crippen LogP contribution in [0.2, 0.25) is 0 Å². The maximum atomic E-state index is 3.52. The Labute approximate surface area is 76.9 Å². The van der Waals surface area contributed by atoms with Gasteiger partial charge in [0.05, 0.1) is 0 Å². The molecule has 0 aliphatic carbocycles. The molecule has 1 aliphatic heterocycles. The van der Waals surface area contributed by atoms with E-state index in [1.54, 1.807) is 0 Å². The molecule has 1 N–H and O–H groups in total. The van der Waals surface area contributed by atoms with Crippen molar-refractivity contribution in [1.29, 1.82) is 0 Å². The number of piperidine rings is 1. The van der Waals surface area contributed by atoms with Crippen LogP contribution in [0.3, 0.4) is 0 Å². The van der Waals surface area contributed by atoms with Gasteiger partial charge in [-0.25, -0.2) is 0 Å². The SMILES string of the molecule is CCCC1(C)CNCCC1CC. The molecule has 12 heavy (non-hydrogen) atoms. The minimum absolute atomic E-state index is 0.585. The summed E-state index contributed by atoms with van der Waals surface area (Å²) in [5, 5.41) is 3.52. The second kappa shape index (κ2) is 4.27. The van der Waals surface area contributed by atoms with E-state index in [-0.39, 0.29) is 0 Å². The summed E-state index contributed by atoms with van der Waals surface area (Å²) in [5.74, 6) is 0.957. The van der Waals surface area contributed by atoms with Crippen LogP contribution in [0.5, 0.6) is 0 Å². The summed E-state index contributed by atoms with van der Waals surface area (Å²) in [5.41, 5.74) is 0.585. The van der Waals surface area contributed by atoms with Gasteiger partial charge in [-0.3, -0.25) is 0 Å². The van der Waals surface area contributed by atoms with Crippen molar-refractivity contribution in [2.45, 2.75) is 46.5 Å². The van der Waals surface area contributed by atoms with Crippen molar-refractivity contribution in [2.24, 2.45) is 11.3 Å². The molecule has 1 heterocycles. The molecule has 0 aromatic carbocycles. The maximum absolute atomic E-state index is 3.52. The summed E-state index contributed by atoms with van der Waals surface area (Å²) in [7, 11) is 0. The summed E-state index contributed by atoms with van der Waals surface area (Å²) >= 11 is 0. The van der Waals surface area contributed by atoms with Crippen LogP contribution in [0.1, 0.15) is 46.5 Å². The van der Waals surface area contributed by atoms with Crippen LogP contribution in [0, 0.1) is 11.3 Å². The Kier molecular flexibility index (Phi) is 3.57. The van der Waals surface area contributed by atoms with E-state index in [0.29, 0.717) is 5.41 Å². The first kappa shape index (κ1) is 10.0. The largest absolute Gasteiger partial charge is 0.316 e. The van der Waals surface area contributed by atoms with Gasteiger partial charge in [0.1, 0.15) is 0 Å². The highest BCUT2D eigenvalue weighted by molar-refractivity contribution is 4.87. The van der Waals surface area contributed by atoms with E-state index in [4.69, 9.17) is 0 Å². The molecule has 0 aromatic rings. The highest BCUT2D eigenvalue weighted by atomic mass is 14.9. The molecule has 1 saturated heterocycles. The van der Waals surface area contributed by atoms with E-state index in [0.717, 1.165) is 5.92 Å². The van der Waals surface area contributed by atoms with Gasteiger partial charge in [-0.15, -0.1) is 0 Å². The molecule has 0 amide bonds. The van der Waals surface area contributed by atoms with Crippen molar-refractivity contribution >= 4 is 0 Å². The lowest BCUT2D eigenvalue weighted by molar-refractivity contribution is 0.116. The lowest BCUT2D eigenvalue weighted by atomic mass is 9.69. The fourth-order valence-corrected chi connectivity index (χ4v) is 2.70. The van der Waals surface area contributed by atoms with Gasteiger partial charge in [-0.2, -0.15) is 0 Å². The Bertz CT molecular complexity index is 129. The summed E-state index contributed by atoms with van der Waals surface area (Å²) in [6.07, 6.45) is 5.46. The summed E-state index contributed by atoms with van der Waals surface area (Å²) in [4.78, 5) is 0. The van der Waals surface area contributed by atoms with E-state index in [2.05, 4.69) is 26.1 Å². The molecule has 0 radical (unpaired) electrons. The quantitative estimate of drug-likeness (QED) is 0.685.